The van der Waals surface area contributed by atoms with Gasteiger partial charge in [-0.1, -0.05) is 55.9 Å². The van der Waals surface area contributed by atoms with Gasteiger partial charge in [0, 0.05) is 5.75 Å². The van der Waals surface area contributed by atoms with Crippen LogP contribution in [0.15, 0.2) is 30.3 Å². The van der Waals surface area contributed by atoms with Crippen molar-refractivity contribution in [1.82, 2.24) is 0 Å². The second-order valence-corrected chi connectivity index (χ2v) is 3.16. The minimum Gasteiger partial charge on any atom is -0.379 e. The van der Waals surface area contributed by atoms with Crippen molar-refractivity contribution in [3.63, 3.8) is 0 Å². The van der Waals surface area contributed by atoms with Crippen molar-refractivity contribution < 1.29 is 0 Å². The molecule has 0 amide bonds. The lowest BCUT2D eigenvalue weighted by atomic mass is 10.2. The molecule has 0 saturated carbocycles. The molecule has 0 fully saturated rings. The highest BCUT2D eigenvalue weighted by Crippen LogP contribution is 2.09. The van der Waals surface area contributed by atoms with Crippen LogP contribution >= 0.6 is 11.8 Å². The molecule has 1 aromatic rings. The van der Waals surface area contributed by atoms with Gasteiger partial charge in [-0.15, -0.1) is 0 Å². The van der Waals surface area contributed by atoms with Gasteiger partial charge in [0.2, 0.25) is 0 Å². The maximum atomic E-state index is 6.98. The zero-order valence-corrected chi connectivity index (χ0v) is 8.90. The zero-order valence-electron chi connectivity index (χ0n) is 8.08. The first-order valence-electron chi connectivity index (χ1n) is 4.30. The van der Waals surface area contributed by atoms with Crippen molar-refractivity contribution in [1.29, 1.82) is 5.41 Å². The molecule has 2 nitrogen and oxygen atoms in total. The van der Waals surface area contributed by atoms with Gasteiger partial charge >= 0.3 is 0 Å². The molecule has 1 aromatic carbocycles. The number of hydrogen-bond acceptors (Lipinski definition) is 2. The SMILES string of the molecule is CC.N=C(N)SCc1ccccc1. The maximum absolute atomic E-state index is 6.98. The summed E-state index contributed by atoms with van der Waals surface area (Å²) < 4.78 is 0. The predicted molar refractivity (Wildman–Crippen MR) is 61.0 cm³/mol. The Balaban J connectivity index is 0.000000671. The highest BCUT2D eigenvalue weighted by atomic mass is 32.2. The lowest BCUT2D eigenvalue weighted by molar-refractivity contribution is 1.42. The number of amidine groups is 1. The van der Waals surface area contributed by atoms with Gasteiger partial charge in [-0.2, -0.15) is 0 Å². The van der Waals surface area contributed by atoms with E-state index >= 15 is 0 Å². The molecular formula is C10H16N2S. The Hall–Kier alpha value is -0.960. The molecule has 72 valence electrons. The molecule has 3 N–H and O–H groups in total. The molecule has 0 heterocycles. The number of nitrogens with one attached hydrogen (secondary N) is 1. The molecule has 0 unspecified atom stereocenters. The molecule has 0 atom stereocenters. The molecule has 0 radical (unpaired) electrons. The van der Waals surface area contributed by atoms with Gasteiger partial charge in [0.15, 0.2) is 5.17 Å². The number of nitrogens with two attached hydrogens (primary N) is 1. The van der Waals surface area contributed by atoms with Crippen LogP contribution in [0.25, 0.3) is 0 Å². The van der Waals surface area contributed by atoms with Gasteiger partial charge in [0.1, 0.15) is 0 Å². The lowest BCUT2D eigenvalue weighted by Gasteiger charge is -1.97. The Morgan fingerprint density at radius 3 is 2.31 bits per heavy atom. The molecule has 0 aliphatic heterocycles. The predicted octanol–water partition coefficient (Wildman–Crippen LogP) is 2.84. The van der Waals surface area contributed by atoms with E-state index in [0.29, 0.717) is 0 Å². The van der Waals surface area contributed by atoms with E-state index < -0.39 is 0 Å². The van der Waals surface area contributed by atoms with Crippen LogP contribution in [0.1, 0.15) is 19.4 Å². The molecule has 3 heteroatoms. The van der Waals surface area contributed by atoms with Crippen LogP contribution < -0.4 is 5.73 Å². The number of benzene rings is 1. The largest absolute Gasteiger partial charge is 0.379 e. The summed E-state index contributed by atoms with van der Waals surface area (Å²) in [6.07, 6.45) is 0. The first-order chi connectivity index (χ1) is 6.29. The molecule has 0 bridgehead atoms. The third kappa shape index (κ3) is 6.22. The average molecular weight is 196 g/mol. The van der Waals surface area contributed by atoms with E-state index in [1.165, 1.54) is 17.3 Å². The Kier molecular flexibility index (Phi) is 7.11. The fraction of sp³-hybridized carbons (Fsp3) is 0.300. The second-order valence-electron chi connectivity index (χ2n) is 2.14. The fourth-order valence-corrected chi connectivity index (χ4v) is 1.25. The first-order valence-corrected chi connectivity index (χ1v) is 5.28. The fourth-order valence-electron chi connectivity index (χ4n) is 0.735. The third-order valence-electron chi connectivity index (χ3n) is 1.24. The van der Waals surface area contributed by atoms with E-state index in [4.69, 9.17) is 11.1 Å². The summed E-state index contributed by atoms with van der Waals surface area (Å²) in [5.74, 6) is 0.788. The van der Waals surface area contributed by atoms with E-state index in [0.717, 1.165) is 5.75 Å². The standard InChI is InChI=1S/C8H10N2S.C2H6/c9-8(10)11-6-7-4-2-1-3-5-7;1-2/h1-5H,6H2,(H3,9,10);1-2H3. The zero-order chi connectivity index (χ0) is 10.1. The monoisotopic (exact) mass is 196 g/mol. The Labute approximate surface area is 84.0 Å². The van der Waals surface area contributed by atoms with Crippen LogP contribution in [-0.4, -0.2) is 5.17 Å². The summed E-state index contributed by atoms with van der Waals surface area (Å²) in [7, 11) is 0. The van der Waals surface area contributed by atoms with E-state index in [1.54, 1.807) is 0 Å². The van der Waals surface area contributed by atoms with Crippen molar-refractivity contribution in [3.8, 4) is 0 Å². The second kappa shape index (κ2) is 7.68. The van der Waals surface area contributed by atoms with E-state index in [-0.39, 0.29) is 5.17 Å². The quantitative estimate of drug-likeness (QED) is 0.564. The highest BCUT2D eigenvalue weighted by molar-refractivity contribution is 8.13. The van der Waals surface area contributed by atoms with Crippen molar-refractivity contribution in [2.45, 2.75) is 19.6 Å². The molecule has 0 aromatic heterocycles. The van der Waals surface area contributed by atoms with Crippen molar-refractivity contribution in [2.75, 3.05) is 0 Å². The minimum absolute atomic E-state index is 0.175. The van der Waals surface area contributed by atoms with Crippen molar-refractivity contribution >= 4 is 16.9 Å². The van der Waals surface area contributed by atoms with Gasteiger partial charge in [-0.05, 0) is 5.56 Å². The van der Waals surface area contributed by atoms with E-state index in [1.807, 2.05) is 44.2 Å². The van der Waals surface area contributed by atoms with E-state index in [2.05, 4.69) is 0 Å². The minimum atomic E-state index is 0.175. The summed E-state index contributed by atoms with van der Waals surface area (Å²) in [4.78, 5) is 0. The number of thioether (sulfide) groups is 1. The summed E-state index contributed by atoms with van der Waals surface area (Å²) in [6, 6.07) is 9.99. The topological polar surface area (TPSA) is 49.9 Å². The molecule has 13 heavy (non-hydrogen) atoms. The Morgan fingerprint density at radius 1 is 1.31 bits per heavy atom. The van der Waals surface area contributed by atoms with E-state index in [9.17, 15) is 0 Å². The van der Waals surface area contributed by atoms with Gasteiger partial charge in [0.25, 0.3) is 0 Å². The van der Waals surface area contributed by atoms with Crippen LogP contribution in [0.3, 0.4) is 0 Å². The lowest BCUT2D eigenvalue weighted by Crippen LogP contribution is -2.03. The van der Waals surface area contributed by atoms with Gasteiger partial charge in [-0.25, -0.2) is 0 Å². The Morgan fingerprint density at radius 2 is 1.85 bits per heavy atom. The van der Waals surface area contributed by atoms with Crippen LogP contribution in [0.5, 0.6) is 0 Å². The highest BCUT2D eigenvalue weighted by Gasteiger charge is 1.92. The molecule has 0 aliphatic carbocycles. The maximum Gasteiger partial charge on any atom is 0.151 e. The summed E-state index contributed by atoms with van der Waals surface area (Å²) >= 11 is 1.35. The van der Waals surface area contributed by atoms with Crippen molar-refractivity contribution in [3.05, 3.63) is 35.9 Å². The summed E-state index contributed by atoms with van der Waals surface area (Å²) in [6.45, 7) is 4.00. The van der Waals surface area contributed by atoms with Gasteiger partial charge in [-0.3, -0.25) is 5.41 Å². The van der Waals surface area contributed by atoms with Gasteiger partial charge < -0.3 is 5.73 Å². The molecule has 1 rings (SSSR count). The van der Waals surface area contributed by atoms with Crippen LogP contribution in [-0.2, 0) is 5.75 Å². The molecule has 0 spiro atoms. The van der Waals surface area contributed by atoms with Crippen LogP contribution in [0.4, 0.5) is 0 Å². The smallest absolute Gasteiger partial charge is 0.151 e. The summed E-state index contributed by atoms with van der Waals surface area (Å²) in [5.41, 5.74) is 6.39. The normalized spacial score (nSPS) is 8.46. The average Bonchev–Trinajstić information content (AvgIpc) is 2.19. The molecular weight excluding hydrogens is 180 g/mol. The molecule has 0 aliphatic rings. The van der Waals surface area contributed by atoms with Gasteiger partial charge in [0.05, 0.1) is 0 Å². The number of rotatable bonds is 2. The van der Waals surface area contributed by atoms with Crippen LogP contribution in [0.2, 0.25) is 0 Å². The Bertz CT molecular complexity index is 234. The van der Waals surface area contributed by atoms with Crippen LogP contribution in [0, 0.1) is 5.41 Å². The first kappa shape index (κ1) is 12.0. The summed E-state index contributed by atoms with van der Waals surface area (Å²) in [5, 5.41) is 7.16. The van der Waals surface area contributed by atoms with Crippen molar-refractivity contribution in [2.24, 2.45) is 5.73 Å². The number of hydrogen-bond donors (Lipinski definition) is 2. The third-order valence-corrected chi connectivity index (χ3v) is 2.03. The molecule has 0 saturated heterocycles.